The molecule has 6 heteroatoms. The number of aromatic nitrogens is 2. The topological polar surface area (TPSA) is 66.0 Å². The van der Waals surface area contributed by atoms with Gasteiger partial charge in [-0.1, -0.05) is 6.92 Å². The molecule has 0 saturated heterocycles. The van der Waals surface area contributed by atoms with Crippen LogP contribution in [0.5, 0.6) is 5.88 Å². The van der Waals surface area contributed by atoms with Crippen molar-refractivity contribution in [3.05, 3.63) is 45.8 Å². The van der Waals surface area contributed by atoms with Gasteiger partial charge in [0.25, 0.3) is 5.56 Å². The van der Waals surface area contributed by atoms with E-state index in [-0.39, 0.29) is 17.0 Å². The number of rotatable bonds is 2. The summed E-state index contributed by atoms with van der Waals surface area (Å²) in [4.78, 5) is 17.7. The normalized spacial score (nSPS) is 10.6. The Morgan fingerprint density at radius 1 is 1.28 bits per heavy atom. The Hall–Kier alpha value is -2.24. The predicted octanol–water partition coefficient (Wildman–Crippen LogP) is 1.98. The molecule has 0 fully saturated rings. The van der Waals surface area contributed by atoms with E-state index >= 15 is 0 Å². The summed E-state index contributed by atoms with van der Waals surface area (Å²) in [6, 6.07) is 2.75. The van der Waals surface area contributed by atoms with E-state index in [1.54, 1.807) is 6.92 Å². The van der Waals surface area contributed by atoms with Crippen molar-refractivity contribution in [3.63, 3.8) is 0 Å². The molecule has 0 aliphatic heterocycles. The largest absolute Gasteiger partial charge is 0.493 e. The second-order valence-corrected chi connectivity index (χ2v) is 3.73. The Morgan fingerprint density at radius 3 is 2.39 bits per heavy atom. The van der Waals surface area contributed by atoms with Gasteiger partial charge in [-0.25, -0.2) is 8.78 Å². The van der Waals surface area contributed by atoms with Crippen LogP contribution in [0.15, 0.2) is 23.0 Å². The minimum absolute atomic E-state index is 0.0579. The lowest BCUT2D eigenvalue weighted by atomic mass is 10.2. The van der Waals surface area contributed by atoms with Gasteiger partial charge >= 0.3 is 0 Å². The summed E-state index contributed by atoms with van der Waals surface area (Å²) in [5, 5.41) is 9.55. The number of H-pyrrole nitrogens is 1. The standard InChI is InChI=1S/C12H10F2N2O2/c1-2-9-11(17)15-10(16-12(9)18)6-3-7(13)5-8(14)4-6/h3-5H,2H2,1H3,(H2,15,16,17,18). The van der Waals surface area contributed by atoms with E-state index in [9.17, 15) is 18.7 Å². The Labute approximate surface area is 101 Å². The highest BCUT2D eigenvalue weighted by Crippen LogP contribution is 2.20. The molecule has 0 amide bonds. The maximum Gasteiger partial charge on any atom is 0.258 e. The van der Waals surface area contributed by atoms with E-state index in [1.807, 2.05) is 0 Å². The van der Waals surface area contributed by atoms with Crippen LogP contribution < -0.4 is 5.56 Å². The summed E-state index contributed by atoms with van der Waals surface area (Å²) in [5.74, 6) is -2.08. The Balaban J connectivity index is 2.61. The van der Waals surface area contributed by atoms with Crippen molar-refractivity contribution in [2.45, 2.75) is 13.3 Å². The zero-order chi connectivity index (χ0) is 13.3. The van der Waals surface area contributed by atoms with Gasteiger partial charge in [-0.2, -0.15) is 4.98 Å². The van der Waals surface area contributed by atoms with Crippen LogP contribution in [0.4, 0.5) is 8.78 Å². The number of halogens is 2. The maximum atomic E-state index is 13.0. The van der Waals surface area contributed by atoms with Crippen molar-refractivity contribution >= 4 is 0 Å². The van der Waals surface area contributed by atoms with Crippen molar-refractivity contribution < 1.29 is 13.9 Å². The molecule has 1 aromatic heterocycles. The van der Waals surface area contributed by atoms with Gasteiger partial charge in [-0.05, 0) is 18.6 Å². The highest BCUT2D eigenvalue weighted by Gasteiger charge is 2.11. The number of aromatic amines is 1. The van der Waals surface area contributed by atoms with Gasteiger partial charge < -0.3 is 10.1 Å². The first kappa shape index (κ1) is 12.2. The van der Waals surface area contributed by atoms with Gasteiger partial charge in [0.2, 0.25) is 5.88 Å². The van der Waals surface area contributed by atoms with Crippen LogP contribution in [-0.2, 0) is 6.42 Å². The lowest BCUT2D eigenvalue weighted by molar-refractivity contribution is 0.444. The molecule has 18 heavy (non-hydrogen) atoms. The zero-order valence-corrected chi connectivity index (χ0v) is 9.50. The van der Waals surface area contributed by atoms with Crippen LogP contribution in [0.25, 0.3) is 11.4 Å². The van der Waals surface area contributed by atoms with Crippen LogP contribution in [0.3, 0.4) is 0 Å². The molecule has 0 spiro atoms. The molecule has 2 aromatic rings. The SMILES string of the molecule is CCc1c(O)nc(-c2cc(F)cc(F)c2)[nH]c1=O. The predicted molar refractivity (Wildman–Crippen MR) is 61.3 cm³/mol. The number of hydrogen-bond donors (Lipinski definition) is 2. The Bertz CT molecular complexity index is 633. The summed E-state index contributed by atoms with van der Waals surface area (Å²) in [6.45, 7) is 1.69. The Kier molecular flexibility index (Phi) is 3.10. The summed E-state index contributed by atoms with van der Waals surface area (Å²) in [5.41, 5.74) is -0.331. The average molecular weight is 252 g/mol. The van der Waals surface area contributed by atoms with E-state index in [0.717, 1.165) is 12.1 Å². The maximum absolute atomic E-state index is 13.0. The van der Waals surface area contributed by atoms with Gasteiger partial charge in [-0.15, -0.1) is 0 Å². The van der Waals surface area contributed by atoms with Crippen molar-refractivity contribution in [3.8, 4) is 17.3 Å². The van der Waals surface area contributed by atoms with Crippen molar-refractivity contribution in [2.75, 3.05) is 0 Å². The minimum Gasteiger partial charge on any atom is -0.493 e. The second-order valence-electron chi connectivity index (χ2n) is 3.73. The van der Waals surface area contributed by atoms with Crippen molar-refractivity contribution in [2.24, 2.45) is 0 Å². The number of aromatic hydroxyl groups is 1. The van der Waals surface area contributed by atoms with Gasteiger partial charge in [0.05, 0.1) is 5.56 Å². The minimum atomic E-state index is -0.785. The first-order valence-corrected chi connectivity index (χ1v) is 5.30. The fraction of sp³-hybridized carbons (Fsp3) is 0.167. The summed E-state index contributed by atoms with van der Waals surface area (Å²) in [6.07, 6.45) is 0.311. The quantitative estimate of drug-likeness (QED) is 0.858. The molecule has 0 atom stereocenters. The summed E-state index contributed by atoms with van der Waals surface area (Å²) >= 11 is 0. The molecular weight excluding hydrogens is 242 g/mol. The van der Waals surface area contributed by atoms with Crippen molar-refractivity contribution in [1.29, 1.82) is 0 Å². The molecule has 94 valence electrons. The highest BCUT2D eigenvalue weighted by molar-refractivity contribution is 5.55. The summed E-state index contributed by atoms with van der Waals surface area (Å²) in [7, 11) is 0. The van der Waals surface area contributed by atoms with E-state index in [1.165, 1.54) is 0 Å². The molecule has 4 nitrogen and oxygen atoms in total. The first-order valence-electron chi connectivity index (χ1n) is 5.30. The van der Waals surface area contributed by atoms with Gasteiger partial charge in [0, 0.05) is 11.6 Å². The lowest BCUT2D eigenvalue weighted by Gasteiger charge is -2.05. The van der Waals surface area contributed by atoms with E-state index in [2.05, 4.69) is 9.97 Å². The van der Waals surface area contributed by atoms with E-state index in [4.69, 9.17) is 0 Å². The highest BCUT2D eigenvalue weighted by atomic mass is 19.1. The molecule has 1 heterocycles. The molecule has 2 rings (SSSR count). The fourth-order valence-corrected chi connectivity index (χ4v) is 1.63. The van der Waals surface area contributed by atoms with Crippen LogP contribution in [0, 0.1) is 11.6 Å². The smallest absolute Gasteiger partial charge is 0.258 e. The molecule has 2 N–H and O–H groups in total. The molecule has 0 bridgehead atoms. The number of nitrogens with one attached hydrogen (secondary N) is 1. The monoisotopic (exact) mass is 252 g/mol. The average Bonchev–Trinajstić information content (AvgIpc) is 2.27. The van der Waals surface area contributed by atoms with Crippen LogP contribution >= 0.6 is 0 Å². The zero-order valence-electron chi connectivity index (χ0n) is 9.50. The fourth-order valence-electron chi connectivity index (χ4n) is 1.63. The third-order valence-electron chi connectivity index (χ3n) is 2.48. The van der Waals surface area contributed by atoms with E-state index in [0.29, 0.717) is 12.5 Å². The lowest BCUT2D eigenvalue weighted by Crippen LogP contribution is -2.14. The van der Waals surface area contributed by atoms with Crippen molar-refractivity contribution in [1.82, 2.24) is 9.97 Å². The first-order chi connectivity index (χ1) is 8.51. The Morgan fingerprint density at radius 2 is 1.89 bits per heavy atom. The molecule has 0 saturated carbocycles. The molecule has 0 radical (unpaired) electrons. The molecule has 1 aromatic carbocycles. The third-order valence-corrected chi connectivity index (χ3v) is 2.48. The molecular formula is C12H10F2N2O2. The summed E-state index contributed by atoms with van der Waals surface area (Å²) < 4.78 is 26.1. The van der Waals surface area contributed by atoms with Gasteiger partial charge in [0.1, 0.15) is 17.5 Å². The third kappa shape index (κ3) is 2.22. The van der Waals surface area contributed by atoms with Crippen LogP contribution in [0.2, 0.25) is 0 Å². The van der Waals surface area contributed by atoms with Crippen LogP contribution in [0.1, 0.15) is 12.5 Å². The number of nitrogens with zero attached hydrogens (tertiary/aromatic N) is 1. The molecule has 0 aliphatic rings. The van der Waals surface area contributed by atoms with E-state index < -0.39 is 23.1 Å². The van der Waals surface area contributed by atoms with Gasteiger partial charge in [0.15, 0.2) is 0 Å². The molecule has 0 aliphatic carbocycles. The van der Waals surface area contributed by atoms with Gasteiger partial charge in [-0.3, -0.25) is 4.79 Å². The number of hydrogen-bond acceptors (Lipinski definition) is 3. The molecule has 0 unspecified atom stereocenters. The second kappa shape index (κ2) is 4.56. The van der Waals surface area contributed by atoms with Crippen LogP contribution in [-0.4, -0.2) is 15.1 Å². The number of benzene rings is 1.